The minimum Gasteiger partial charge on any atom is -0.481 e. The van der Waals surface area contributed by atoms with Gasteiger partial charge in [0, 0.05) is 6.54 Å². The normalized spacial score (nSPS) is 28.1. The number of hydrogen-bond acceptors (Lipinski definition) is 2. The van der Waals surface area contributed by atoms with Crippen molar-refractivity contribution in [1.29, 1.82) is 0 Å². The van der Waals surface area contributed by atoms with Crippen LogP contribution in [0.4, 0.5) is 0 Å². The molecule has 0 spiro atoms. The van der Waals surface area contributed by atoms with E-state index in [-0.39, 0.29) is 5.92 Å². The van der Waals surface area contributed by atoms with Crippen molar-refractivity contribution in [3.8, 4) is 0 Å². The number of carboxylic acid groups (broad SMARTS) is 1. The molecule has 0 aromatic heterocycles. The highest BCUT2D eigenvalue weighted by molar-refractivity contribution is 5.85. The molecule has 0 amide bonds. The summed E-state index contributed by atoms with van der Waals surface area (Å²) in [5, 5.41) is 9.42. The molecule has 3 nitrogen and oxygen atoms in total. The summed E-state index contributed by atoms with van der Waals surface area (Å²) in [5.74, 6) is -0.451. The van der Waals surface area contributed by atoms with Gasteiger partial charge in [-0.1, -0.05) is 30.3 Å². The van der Waals surface area contributed by atoms with Gasteiger partial charge in [0.15, 0.2) is 0 Å². The fraction of sp³-hybridized carbons (Fsp3) is 0.462. The van der Waals surface area contributed by atoms with Crippen molar-refractivity contribution < 1.29 is 9.90 Å². The summed E-state index contributed by atoms with van der Waals surface area (Å²) in [5.41, 5.74) is 0.306. The van der Waals surface area contributed by atoms with Crippen LogP contribution in [0.25, 0.3) is 0 Å². The van der Waals surface area contributed by atoms with Crippen LogP contribution in [0.3, 0.4) is 0 Å². The maximum atomic E-state index is 11.5. The Labute approximate surface area is 95.7 Å². The standard InChI is InChI=1S/C13H17NO2/c1-14(2)9-11-8-13(11,12(15)16)10-6-4-3-5-7-10/h3-7,11H,8-9H2,1-2H3,(H,15,16). The number of aliphatic carboxylic acids is 1. The van der Waals surface area contributed by atoms with Crippen molar-refractivity contribution in [3.05, 3.63) is 35.9 Å². The average molecular weight is 219 g/mol. The molecule has 1 aliphatic carbocycles. The molecule has 0 aliphatic heterocycles. The van der Waals surface area contributed by atoms with Gasteiger partial charge in [0.1, 0.15) is 0 Å². The van der Waals surface area contributed by atoms with Gasteiger partial charge in [0.25, 0.3) is 0 Å². The van der Waals surface area contributed by atoms with Gasteiger partial charge in [-0.25, -0.2) is 0 Å². The quantitative estimate of drug-likeness (QED) is 0.836. The Kier molecular flexibility index (Phi) is 2.72. The number of rotatable bonds is 4. The van der Waals surface area contributed by atoms with Crippen LogP contribution >= 0.6 is 0 Å². The third-order valence-electron chi connectivity index (χ3n) is 3.36. The Balaban J connectivity index is 2.25. The lowest BCUT2D eigenvalue weighted by Crippen LogP contribution is -2.27. The minimum absolute atomic E-state index is 0.238. The monoisotopic (exact) mass is 219 g/mol. The van der Waals surface area contributed by atoms with E-state index in [2.05, 4.69) is 4.90 Å². The van der Waals surface area contributed by atoms with Gasteiger partial charge in [0.05, 0.1) is 5.41 Å². The lowest BCUT2D eigenvalue weighted by atomic mass is 9.93. The van der Waals surface area contributed by atoms with Crippen molar-refractivity contribution in [3.63, 3.8) is 0 Å². The maximum Gasteiger partial charge on any atom is 0.314 e. The van der Waals surface area contributed by atoms with E-state index in [9.17, 15) is 9.90 Å². The predicted octanol–water partition coefficient (Wildman–Crippen LogP) is 1.59. The highest BCUT2D eigenvalue weighted by atomic mass is 16.4. The SMILES string of the molecule is CN(C)CC1CC1(C(=O)O)c1ccccc1. The van der Waals surface area contributed by atoms with E-state index in [0.29, 0.717) is 0 Å². The molecule has 1 aromatic carbocycles. The van der Waals surface area contributed by atoms with Gasteiger partial charge in [-0.15, -0.1) is 0 Å². The first-order valence-electron chi connectivity index (χ1n) is 5.51. The number of nitrogens with zero attached hydrogens (tertiary/aromatic N) is 1. The van der Waals surface area contributed by atoms with Crippen LogP contribution in [0, 0.1) is 5.92 Å². The average Bonchev–Trinajstić information content (AvgIpc) is 2.94. The summed E-state index contributed by atoms with van der Waals surface area (Å²) in [6.07, 6.45) is 0.754. The molecule has 2 atom stereocenters. The van der Waals surface area contributed by atoms with Gasteiger partial charge in [-0.2, -0.15) is 0 Å². The number of hydrogen-bond donors (Lipinski definition) is 1. The zero-order chi connectivity index (χ0) is 11.8. The Morgan fingerprint density at radius 1 is 1.44 bits per heavy atom. The largest absolute Gasteiger partial charge is 0.481 e. The molecule has 3 heteroatoms. The van der Waals surface area contributed by atoms with Crippen molar-refractivity contribution >= 4 is 5.97 Å². The minimum atomic E-state index is -0.689. The smallest absolute Gasteiger partial charge is 0.314 e. The third-order valence-corrected chi connectivity index (χ3v) is 3.36. The maximum absolute atomic E-state index is 11.5. The molecule has 2 rings (SSSR count). The summed E-state index contributed by atoms with van der Waals surface area (Å²) in [7, 11) is 3.96. The molecule has 1 fully saturated rings. The first-order chi connectivity index (χ1) is 7.57. The summed E-state index contributed by atoms with van der Waals surface area (Å²) in [4.78, 5) is 13.5. The molecular formula is C13H17NO2. The molecule has 1 aliphatic rings. The molecule has 1 saturated carbocycles. The second-order valence-corrected chi connectivity index (χ2v) is 4.81. The van der Waals surface area contributed by atoms with E-state index in [0.717, 1.165) is 18.5 Å². The summed E-state index contributed by atoms with van der Waals surface area (Å²) in [6.45, 7) is 0.835. The molecule has 1 aromatic rings. The van der Waals surface area contributed by atoms with Crippen molar-refractivity contribution in [2.24, 2.45) is 5.92 Å². The Morgan fingerprint density at radius 2 is 2.06 bits per heavy atom. The molecule has 1 N–H and O–H groups in total. The van der Waals surface area contributed by atoms with Crippen molar-refractivity contribution in [2.45, 2.75) is 11.8 Å². The van der Waals surface area contributed by atoms with Gasteiger partial charge in [-0.05, 0) is 32.0 Å². The molecule has 2 unspecified atom stereocenters. The highest BCUT2D eigenvalue weighted by Crippen LogP contribution is 2.54. The van der Waals surface area contributed by atoms with E-state index >= 15 is 0 Å². The van der Waals surface area contributed by atoms with E-state index in [1.807, 2.05) is 44.4 Å². The molecule has 16 heavy (non-hydrogen) atoms. The van der Waals surface area contributed by atoms with Gasteiger partial charge < -0.3 is 10.0 Å². The molecule has 0 saturated heterocycles. The van der Waals surface area contributed by atoms with E-state index in [1.165, 1.54) is 0 Å². The zero-order valence-electron chi connectivity index (χ0n) is 9.68. The lowest BCUT2D eigenvalue weighted by molar-refractivity contribution is -0.140. The van der Waals surface area contributed by atoms with Crippen LogP contribution in [0.2, 0.25) is 0 Å². The molecule has 0 radical (unpaired) electrons. The topological polar surface area (TPSA) is 40.5 Å². The highest BCUT2D eigenvalue weighted by Gasteiger charge is 2.61. The van der Waals surface area contributed by atoms with Crippen molar-refractivity contribution in [1.82, 2.24) is 4.90 Å². The van der Waals surface area contributed by atoms with Gasteiger partial charge in [-0.3, -0.25) is 4.79 Å². The number of benzene rings is 1. The van der Waals surface area contributed by atoms with Crippen LogP contribution in [-0.4, -0.2) is 36.6 Å². The van der Waals surface area contributed by atoms with Crippen molar-refractivity contribution in [2.75, 3.05) is 20.6 Å². The van der Waals surface area contributed by atoms with Gasteiger partial charge in [0.2, 0.25) is 0 Å². The number of carbonyl (C=O) groups is 1. The van der Waals surface area contributed by atoms with E-state index in [1.54, 1.807) is 0 Å². The molecule has 86 valence electrons. The Hall–Kier alpha value is -1.35. The third kappa shape index (κ3) is 1.71. The van der Waals surface area contributed by atoms with Crippen LogP contribution < -0.4 is 0 Å². The van der Waals surface area contributed by atoms with Crippen LogP contribution in [0.5, 0.6) is 0 Å². The Bertz CT molecular complexity index is 388. The summed E-state index contributed by atoms with van der Waals surface area (Å²) >= 11 is 0. The first kappa shape index (κ1) is 11.1. The Morgan fingerprint density at radius 3 is 2.56 bits per heavy atom. The second-order valence-electron chi connectivity index (χ2n) is 4.81. The van der Waals surface area contributed by atoms with E-state index in [4.69, 9.17) is 0 Å². The van der Waals surface area contributed by atoms with Crippen LogP contribution in [0.15, 0.2) is 30.3 Å². The fourth-order valence-corrected chi connectivity index (χ4v) is 2.47. The number of carboxylic acids is 1. The fourth-order valence-electron chi connectivity index (χ4n) is 2.47. The van der Waals surface area contributed by atoms with E-state index < -0.39 is 11.4 Å². The summed E-state index contributed by atoms with van der Waals surface area (Å²) in [6, 6.07) is 9.58. The predicted molar refractivity (Wildman–Crippen MR) is 62.4 cm³/mol. The molecule has 0 bridgehead atoms. The summed E-state index contributed by atoms with van der Waals surface area (Å²) < 4.78 is 0. The first-order valence-corrected chi connectivity index (χ1v) is 5.51. The zero-order valence-corrected chi connectivity index (χ0v) is 9.68. The van der Waals surface area contributed by atoms with Gasteiger partial charge >= 0.3 is 5.97 Å². The second kappa shape index (κ2) is 3.91. The van der Waals surface area contributed by atoms with Crippen LogP contribution in [0.1, 0.15) is 12.0 Å². The lowest BCUT2D eigenvalue weighted by Gasteiger charge is -2.15. The molecular weight excluding hydrogens is 202 g/mol. The van der Waals surface area contributed by atoms with Crippen LogP contribution in [-0.2, 0) is 10.2 Å². The molecule has 0 heterocycles.